The van der Waals surface area contributed by atoms with Crippen molar-refractivity contribution in [3.05, 3.63) is 12.1 Å². The van der Waals surface area contributed by atoms with Gasteiger partial charge in [0.15, 0.2) is 0 Å². The van der Waals surface area contributed by atoms with Gasteiger partial charge in [0.2, 0.25) is 5.88 Å². The van der Waals surface area contributed by atoms with E-state index in [1.165, 1.54) is 6.26 Å². The maximum absolute atomic E-state index is 11.1. The molecule has 0 saturated carbocycles. The van der Waals surface area contributed by atoms with Crippen LogP contribution in [0, 0.1) is 0 Å². The number of hydrogen-bond acceptors (Lipinski definition) is 6. The first-order valence-corrected chi connectivity index (χ1v) is 7.67. The van der Waals surface area contributed by atoms with E-state index < -0.39 is 9.84 Å². The third kappa shape index (κ3) is 4.40. The van der Waals surface area contributed by atoms with Gasteiger partial charge in [-0.05, 0) is 19.1 Å². The maximum Gasteiger partial charge on any atom is 0.239 e. The van der Waals surface area contributed by atoms with Gasteiger partial charge in [0.05, 0.1) is 18.0 Å². The molecule has 0 radical (unpaired) electrons. The molecule has 0 unspecified atom stereocenters. The van der Waals surface area contributed by atoms with E-state index in [0.717, 1.165) is 0 Å². The molecule has 102 valence electrons. The van der Waals surface area contributed by atoms with E-state index in [2.05, 4.69) is 4.98 Å². The molecule has 0 aliphatic carbocycles. The fourth-order valence-corrected chi connectivity index (χ4v) is 1.93. The molecule has 0 fully saturated rings. The highest BCUT2D eigenvalue weighted by Gasteiger charge is 2.10. The minimum atomic E-state index is -2.98. The first-order chi connectivity index (χ1) is 8.33. The molecule has 0 amide bonds. The van der Waals surface area contributed by atoms with Crippen LogP contribution in [0.3, 0.4) is 0 Å². The zero-order valence-electron chi connectivity index (χ0n) is 10.9. The monoisotopic (exact) mass is 273 g/mol. The minimum Gasteiger partial charge on any atom is -0.476 e. The molecular weight excluding hydrogens is 254 g/mol. The van der Waals surface area contributed by atoms with Gasteiger partial charge in [-0.1, -0.05) is 0 Å². The summed E-state index contributed by atoms with van der Waals surface area (Å²) in [5.74, 6) is 1.09. The maximum atomic E-state index is 11.1. The third-order valence-electron chi connectivity index (χ3n) is 2.34. The lowest BCUT2D eigenvalue weighted by Crippen LogP contribution is -2.25. The molecule has 0 aliphatic heterocycles. The molecule has 1 aromatic heterocycles. The van der Waals surface area contributed by atoms with E-state index in [1.54, 1.807) is 24.1 Å². The van der Waals surface area contributed by atoms with Gasteiger partial charge in [0.1, 0.15) is 15.7 Å². The van der Waals surface area contributed by atoms with Gasteiger partial charge in [-0.25, -0.2) is 8.42 Å². The van der Waals surface area contributed by atoms with Crippen LogP contribution in [0.25, 0.3) is 0 Å². The van der Waals surface area contributed by atoms with Crippen molar-refractivity contribution in [2.24, 2.45) is 0 Å². The Morgan fingerprint density at radius 1 is 1.44 bits per heavy atom. The highest BCUT2D eigenvalue weighted by molar-refractivity contribution is 7.90. The molecule has 7 heteroatoms. The molecule has 1 rings (SSSR count). The van der Waals surface area contributed by atoms with Gasteiger partial charge >= 0.3 is 0 Å². The average molecular weight is 273 g/mol. The molecule has 0 aliphatic rings. The van der Waals surface area contributed by atoms with E-state index in [9.17, 15) is 8.42 Å². The van der Waals surface area contributed by atoms with Crippen molar-refractivity contribution >= 4 is 21.3 Å². The van der Waals surface area contributed by atoms with Crippen molar-refractivity contribution in [1.82, 2.24) is 4.98 Å². The number of sulfone groups is 1. The molecule has 2 N–H and O–H groups in total. The Balaban J connectivity index is 2.79. The number of nitrogens with zero attached hydrogens (tertiary/aromatic N) is 2. The predicted molar refractivity (Wildman–Crippen MR) is 72.8 cm³/mol. The Kier molecular flexibility index (Phi) is 4.77. The summed E-state index contributed by atoms with van der Waals surface area (Å²) in [6.45, 7) is 2.70. The largest absolute Gasteiger partial charge is 0.476 e. The summed E-state index contributed by atoms with van der Waals surface area (Å²) < 4.78 is 27.5. The molecule has 0 aromatic carbocycles. The second kappa shape index (κ2) is 5.90. The van der Waals surface area contributed by atoms with Crippen molar-refractivity contribution < 1.29 is 13.2 Å². The minimum absolute atomic E-state index is 0.0829. The van der Waals surface area contributed by atoms with Crippen LogP contribution >= 0.6 is 0 Å². The molecule has 0 atom stereocenters. The fraction of sp³-hybridized carbons (Fsp3) is 0.545. The molecule has 0 saturated heterocycles. The lowest BCUT2D eigenvalue weighted by molar-refractivity contribution is 0.329. The number of nitrogens with two attached hydrogens (primary N) is 1. The second-order valence-electron chi connectivity index (χ2n) is 4.05. The number of ether oxygens (including phenoxy) is 1. The van der Waals surface area contributed by atoms with Crippen molar-refractivity contribution in [3.63, 3.8) is 0 Å². The van der Waals surface area contributed by atoms with Crippen LogP contribution in [0.5, 0.6) is 5.88 Å². The van der Waals surface area contributed by atoms with Crippen LogP contribution in [0.2, 0.25) is 0 Å². The van der Waals surface area contributed by atoms with Gasteiger partial charge in [0, 0.05) is 19.8 Å². The highest BCUT2D eigenvalue weighted by Crippen LogP contribution is 2.22. The summed E-state index contributed by atoms with van der Waals surface area (Å²) in [5, 5.41) is 0. The highest BCUT2D eigenvalue weighted by atomic mass is 32.2. The predicted octanol–water partition coefficient (Wildman–Crippen LogP) is 0.543. The van der Waals surface area contributed by atoms with Crippen LogP contribution in [-0.2, 0) is 9.84 Å². The molecule has 1 heterocycles. The smallest absolute Gasteiger partial charge is 0.239 e. The van der Waals surface area contributed by atoms with Crippen LogP contribution < -0.4 is 15.4 Å². The second-order valence-corrected chi connectivity index (χ2v) is 6.31. The van der Waals surface area contributed by atoms with Crippen LogP contribution in [0.4, 0.5) is 11.5 Å². The molecule has 6 nitrogen and oxygen atoms in total. The number of hydrogen-bond donors (Lipinski definition) is 1. The molecule has 0 bridgehead atoms. The van der Waals surface area contributed by atoms with Gasteiger partial charge in [-0.3, -0.25) is 0 Å². The normalized spacial score (nSPS) is 11.3. The zero-order chi connectivity index (χ0) is 13.8. The summed E-state index contributed by atoms with van der Waals surface area (Å²) in [6, 6.07) is 3.43. The fourth-order valence-electron chi connectivity index (χ4n) is 1.32. The van der Waals surface area contributed by atoms with E-state index in [-0.39, 0.29) is 5.75 Å². The summed E-state index contributed by atoms with van der Waals surface area (Å²) in [4.78, 5) is 6.00. The van der Waals surface area contributed by atoms with E-state index in [0.29, 0.717) is 30.5 Å². The number of nitrogen functional groups attached to an aromatic ring is 1. The lowest BCUT2D eigenvalue weighted by atomic mass is 10.4. The Hall–Kier alpha value is -1.50. The SMILES string of the molecule is CCOc1nc(N(C)CCS(C)(=O)=O)ccc1N. The summed E-state index contributed by atoms with van der Waals surface area (Å²) in [5.41, 5.74) is 6.19. The number of rotatable bonds is 6. The van der Waals surface area contributed by atoms with Crippen molar-refractivity contribution in [2.45, 2.75) is 6.92 Å². The topological polar surface area (TPSA) is 85.5 Å². The van der Waals surface area contributed by atoms with Gasteiger partial charge in [-0.15, -0.1) is 0 Å². The van der Waals surface area contributed by atoms with Gasteiger partial charge in [0.25, 0.3) is 0 Å². The van der Waals surface area contributed by atoms with Crippen molar-refractivity contribution in [1.29, 1.82) is 0 Å². The van der Waals surface area contributed by atoms with Crippen LogP contribution in [0.15, 0.2) is 12.1 Å². The van der Waals surface area contributed by atoms with Crippen LogP contribution in [-0.4, -0.2) is 45.6 Å². The first-order valence-electron chi connectivity index (χ1n) is 5.61. The Labute approximate surface area is 108 Å². The number of anilines is 2. The standard InChI is InChI=1S/C11H19N3O3S/c1-4-17-11-9(12)5-6-10(13-11)14(2)7-8-18(3,15)16/h5-6H,4,7-8,12H2,1-3H3. The molecule has 1 aromatic rings. The van der Waals surface area contributed by atoms with Crippen molar-refractivity contribution in [2.75, 3.05) is 42.8 Å². The van der Waals surface area contributed by atoms with E-state index in [1.807, 2.05) is 6.92 Å². The van der Waals surface area contributed by atoms with Crippen LogP contribution in [0.1, 0.15) is 6.92 Å². The summed E-state index contributed by atoms with van der Waals surface area (Å²) in [6.07, 6.45) is 1.21. The first kappa shape index (κ1) is 14.6. The van der Waals surface area contributed by atoms with Crippen molar-refractivity contribution in [3.8, 4) is 5.88 Å². The van der Waals surface area contributed by atoms with E-state index in [4.69, 9.17) is 10.5 Å². The molecule has 0 spiro atoms. The third-order valence-corrected chi connectivity index (χ3v) is 3.27. The zero-order valence-corrected chi connectivity index (χ0v) is 11.7. The molecule has 18 heavy (non-hydrogen) atoms. The van der Waals surface area contributed by atoms with Gasteiger partial charge in [-0.2, -0.15) is 4.98 Å². The summed E-state index contributed by atoms with van der Waals surface area (Å²) >= 11 is 0. The van der Waals surface area contributed by atoms with Gasteiger partial charge < -0.3 is 15.4 Å². The number of pyridine rings is 1. The Morgan fingerprint density at radius 3 is 2.67 bits per heavy atom. The summed E-state index contributed by atoms with van der Waals surface area (Å²) in [7, 11) is -1.20. The van der Waals surface area contributed by atoms with E-state index >= 15 is 0 Å². The number of aromatic nitrogens is 1. The Bertz CT molecular complexity index is 502. The Morgan fingerprint density at radius 2 is 2.11 bits per heavy atom. The quantitative estimate of drug-likeness (QED) is 0.814. The average Bonchev–Trinajstić information content (AvgIpc) is 2.28. The molecular formula is C11H19N3O3S. The lowest BCUT2D eigenvalue weighted by Gasteiger charge is -2.18.